The Balaban J connectivity index is 0.000000465. The van der Waals surface area contributed by atoms with Crippen LogP contribution in [0.4, 0.5) is 0 Å². The normalized spacial score (nSPS) is 18.6. The van der Waals surface area contributed by atoms with Crippen LogP contribution in [0, 0.1) is 0 Å². The second-order valence-corrected chi connectivity index (χ2v) is 9.47. The molecule has 0 radical (unpaired) electrons. The van der Waals surface area contributed by atoms with Crippen LogP contribution < -0.4 is 5.32 Å². The van der Waals surface area contributed by atoms with Crippen LogP contribution in [0.5, 0.6) is 0 Å². The summed E-state index contributed by atoms with van der Waals surface area (Å²) in [6.07, 6.45) is 6.51. The van der Waals surface area contributed by atoms with Gasteiger partial charge in [0.1, 0.15) is 0 Å². The highest BCUT2D eigenvalue weighted by molar-refractivity contribution is 7.85. The second kappa shape index (κ2) is 8.38. The molecule has 0 fully saturated rings. The smallest absolute Gasteiger partial charge is 0.261 e. The lowest BCUT2D eigenvalue weighted by molar-refractivity contribution is 0.371. The van der Waals surface area contributed by atoms with E-state index in [1.165, 1.54) is 11.1 Å². The summed E-state index contributed by atoms with van der Waals surface area (Å²) in [4.78, 5) is 0. The minimum atomic E-state index is -3.67. The second-order valence-electron chi connectivity index (χ2n) is 8.00. The Kier molecular flexibility index (Phi) is 6.63. The van der Waals surface area contributed by atoms with Crippen LogP contribution in [0.1, 0.15) is 38.3 Å². The molecule has 0 aromatic heterocycles. The van der Waals surface area contributed by atoms with Crippen molar-refractivity contribution in [2.45, 2.75) is 44.2 Å². The number of hydrogen-bond acceptors (Lipinski definition) is 3. The van der Waals surface area contributed by atoms with Crippen LogP contribution in [0.2, 0.25) is 0 Å². The van der Waals surface area contributed by atoms with Crippen LogP contribution in [0.15, 0.2) is 72.8 Å². The maximum atomic E-state index is 9.19. The topological polar surface area (TPSA) is 66.4 Å². The lowest BCUT2D eigenvalue weighted by Gasteiger charge is -2.32. The van der Waals surface area contributed by atoms with Crippen molar-refractivity contribution in [1.82, 2.24) is 5.32 Å². The molecule has 0 heterocycles. The third-order valence-electron chi connectivity index (χ3n) is 4.35. The van der Waals surface area contributed by atoms with E-state index in [-0.39, 0.29) is 11.0 Å². The van der Waals surface area contributed by atoms with E-state index < -0.39 is 10.1 Å². The van der Waals surface area contributed by atoms with Gasteiger partial charge >= 0.3 is 0 Å². The largest absolute Gasteiger partial charge is 0.306 e. The minimum Gasteiger partial charge on any atom is -0.306 e. The van der Waals surface area contributed by atoms with Gasteiger partial charge in [-0.25, -0.2) is 0 Å². The standard InChI is InChI=1S/C21H25N.CH4O3S/c1-20(2,3)22-19-14-15-21(16-19,17-10-6-4-7-11-17)18-12-8-5-9-13-18;1-5(2,3)4/h4-15,19,22H,16H2,1-3H3;1H3,(H,2,3,4). The third kappa shape index (κ3) is 6.61. The van der Waals surface area contributed by atoms with Gasteiger partial charge in [0.2, 0.25) is 0 Å². The summed E-state index contributed by atoms with van der Waals surface area (Å²) in [6, 6.07) is 22.1. The molecular weight excluding hydrogens is 358 g/mol. The molecule has 0 saturated heterocycles. The Hall–Kier alpha value is -1.95. The number of benzene rings is 2. The first-order valence-corrected chi connectivity index (χ1v) is 10.8. The van der Waals surface area contributed by atoms with Crippen molar-refractivity contribution >= 4 is 10.1 Å². The fourth-order valence-corrected chi connectivity index (χ4v) is 3.48. The highest BCUT2D eigenvalue weighted by Gasteiger charge is 2.38. The van der Waals surface area contributed by atoms with E-state index >= 15 is 0 Å². The number of rotatable bonds is 3. The van der Waals surface area contributed by atoms with E-state index in [0.717, 1.165) is 6.42 Å². The average molecular weight is 388 g/mol. The number of nitrogens with one attached hydrogen (secondary N) is 1. The molecule has 1 unspecified atom stereocenters. The Morgan fingerprint density at radius 3 is 1.74 bits per heavy atom. The Morgan fingerprint density at radius 1 is 0.963 bits per heavy atom. The molecule has 4 nitrogen and oxygen atoms in total. The fourth-order valence-electron chi connectivity index (χ4n) is 3.48. The molecule has 0 spiro atoms. The van der Waals surface area contributed by atoms with Crippen molar-refractivity contribution in [2.75, 3.05) is 6.26 Å². The van der Waals surface area contributed by atoms with Crippen molar-refractivity contribution in [3.05, 3.63) is 83.9 Å². The zero-order valence-electron chi connectivity index (χ0n) is 16.4. The lowest BCUT2D eigenvalue weighted by atomic mass is 9.73. The molecule has 2 aromatic rings. The Bertz CT molecular complexity index is 806. The maximum Gasteiger partial charge on any atom is 0.261 e. The van der Waals surface area contributed by atoms with Crippen LogP contribution in [0.25, 0.3) is 0 Å². The van der Waals surface area contributed by atoms with Crippen molar-refractivity contribution in [3.8, 4) is 0 Å². The van der Waals surface area contributed by atoms with E-state index in [1.54, 1.807) is 0 Å². The summed E-state index contributed by atoms with van der Waals surface area (Å²) in [5, 5.41) is 3.73. The highest BCUT2D eigenvalue weighted by Crippen LogP contribution is 2.42. The molecule has 0 aliphatic heterocycles. The molecule has 27 heavy (non-hydrogen) atoms. The van der Waals surface area contributed by atoms with Crippen molar-refractivity contribution in [3.63, 3.8) is 0 Å². The predicted octanol–water partition coefficient (Wildman–Crippen LogP) is 4.19. The molecule has 3 rings (SSSR count). The summed E-state index contributed by atoms with van der Waals surface area (Å²) >= 11 is 0. The van der Waals surface area contributed by atoms with Gasteiger partial charge in [-0.2, -0.15) is 8.42 Å². The van der Waals surface area contributed by atoms with Crippen LogP contribution in [-0.4, -0.2) is 30.8 Å². The van der Waals surface area contributed by atoms with Gasteiger partial charge in [-0.3, -0.25) is 4.55 Å². The van der Waals surface area contributed by atoms with E-state index in [2.05, 4.69) is 98.9 Å². The number of hydrogen-bond donors (Lipinski definition) is 2. The third-order valence-corrected chi connectivity index (χ3v) is 4.35. The zero-order chi connectivity index (χ0) is 20.1. The summed E-state index contributed by atoms with van der Waals surface area (Å²) < 4.78 is 25.9. The van der Waals surface area contributed by atoms with Gasteiger partial charge in [0.15, 0.2) is 0 Å². The predicted molar refractivity (Wildman–Crippen MR) is 112 cm³/mol. The molecular formula is C22H29NO3S. The van der Waals surface area contributed by atoms with Gasteiger partial charge in [0.25, 0.3) is 10.1 Å². The van der Waals surface area contributed by atoms with Crippen molar-refractivity contribution in [1.29, 1.82) is 0 Å². The summed E-state index contributed by atoms with van der Waals surface area (Å²) in [6.45, 7) is 6.68. The molecule has 0 amide bonds. The molecule has 0 bridgehead atoms. The maximum absolute atomic E-state index is 9.19. The highest BCUT2D eigenvalue weighted by atomic mass is 32.2. The Morgan fingerprint density at radius 2 is 1.37 bits per heavy atom. The monoisotopic (exact) mass is 387 g/mol. The van der Waals surface area contributed by atoms with Crippen molar-refractivity contribution in [2.24, 2.45) is 0 Å². The van der Waals surface area contributed by atoms with Crippen molar-refractivity contribution < 1.29 is 13.0 Å². The quantitative estimate of drug-likeness (QED) is 0.612. The number of allylic oxidation sites excluding steroid dienone is 1. The van der Waals surface area contributed by atoms with E-state index in [9.17, 15) is 8.42 Å². The first-order valence-electron chi connectivity index (χ1n) is 9.00. The van der Waals surface area contributed by atoms with Crippen LogP contribution in [0.3, 0.4) is 0 Å². The van der Waals surface area contributed by atoms with Crippen LogP contribution >= 0.6 is 0 Å². The minimum absolute atomic E-state index is 0.0224. The lowest BCUT2D eigenvalue weighted by Crippen LogP contribution is -2.43. The molecule has 2 aromatic carbocycles. The van der Waals surface area contributed by atoms with Gasteiger partial charge in [-0.15, -0.1) is 0 Å². The van der Waals surface area contributed by atoms with Gasteiger partial charge in [-0.05, 0) is 38.3 Å². The van der Waals surface area contributed by atoms with Gasteiger partial charge in [0.05, 0.1) is 6.26 Å². The fraction of sp³-hybridized carbons (Fsp3) is 0.364. The molecule has 1 atom stereocenters. The zero-order valence-corrected chi connectivity index (χ0v) is 17.2. The molecule has 146 valence electrons. The van der Waals surface area contributed by atoms with Gasteiger partial charge in [-0.1, -0.05) is 72.8 Å². The van der Waals surface area contributed by atoms with E-state index in [4.69, 9.17) is 4.55 Å². The molecule has 2 N–H and O–H groups in total. The summed E-state index contributed by atoms with van der Waals surface area (Å²) in [7, 11) is -3.67. The van der Waals surface area contributed by atoms with Gasteiger partial charge in [0, 0.05) is 17.0 Å². The molecule has 5 heteroatoms. The van der Waals surface area contributed by atoms with Crippen LogP contribution in [-0.2, 0) is 15.5 Å². The SMILES string of the molecule is CC(C)(C)NC1C=CC(c2ccccc2)(c2ccccc2)C1.CS(=O)(=O)O. The Labute approximate surface area is 163 Å². The van der Waals surface area contributed by atoms with Gasteiger partial charge < -0.3 is 5.32 Å². The molecule has 1 aliphatic rings. The summed E-state index contributed by atoms with van der Waals surface area (Å²) in [5.41, 5.74) is 2.84. The van der Waals surface area contributed by atoms with E-state index in [0.29, 0.717) is 12.3 Å². The summed E-state index contributed by atoms with van der Waals surface area (Å²) in [5.74, 6) is 0. The average Bonchev–Trinajstić information content (AvgIpc) is 2.98. The molecule has 0 saturated carbocycles. The molecule has 1 aliphatic carbocycles. The first-order chi connectivity index (χ1) is 12.5. The first kappa shape index (κ1) is 21.4. The van der Waals surface area contributed by atoms with E-state index in [1.807, 2.05) is 0 Å².